The number of aliphatic hydroxyl groups is 1. The molecule has 1 heterocycles. The molecule has 1 aliphatic heterocycles. The van der Waals surface area contributed by atoms with Crippen LogP contribution in [0.2, 0.25) is 0 Å². The largest absolute Gasteiger partial charge is 0.493 e. The zero-order chi connectivity index (χ0) is 26.9. The van der Waals surface area contributed by atoms with Gasteiger partial charge < -0.3 is 14.6 Å². The number of benzene rings is 3. The van der Waals surface area contributed by atoms with E-state index in [0.717, 1.165) is 29.9 Å². The predicted octanol–water partition coefficient (Wildman–Crippen LogP) is 6.29. The van der Waals surface area contributed by atoms with Crippen LogP contribution in [-0.4, -0.2) is 23.2 Å². The summed E-state index contributed by atoms with van der Waals surface area (Å²) in [6, 6.07) is 18.8. The van der Waals surface area contributed by atoms with Gasteiger partial charge in [0.15, 0.2) is 0 Å². The third-order valence-corrected chi connectivity index (χ3v) is 8.02. The fourth-order valence-electron chi connectivity index (χ4n) is 5.38. The monoisotopic (exact) mass is 532 g/mol. The van der Waals surface area contributed by atoms with Gasteiger partial charge in [-0.05, 0) is 104 Å². The summed E-state index contributed by atoms with van der Waals surface area (Å²) in [5.74, 6) is 1.72. The molecular weight excluding hydrogens is 496 g/mol. The quantitative estimate of drug-likeness (QED) is 0.296. The van der Waals surface area contributed by atoms with E-state index >= 15 is 0 Å². The Morgan fingerprint density at radius 2 is 1.79 bits per heavy atom. The first-order valence-electron chi connectivity index (χ1n) is 13.2. The topological polar surface area (TPSA) is 79.8 Å². The number of aryl methyl sites for hydroxylation is 2. The number of fused-ring (bicyclic) bond motifs is 1. The molecule has 38 heavy (non-hydrogen) atoms. The van der Waals surface area contributed by atoms with E-state index in [9.17, 15) is 9.90 Å². The Balaban J connectivity index is 1.32. The van der Waals surface area contributed by atoms with Crippen molar-refractivity contribution in [3.8, 4) is 22.6 Å². The SMILES string of the molecule is Cc1cc(OCCC(C)(C)O)cc(C)c1-c1cccc2c1CCC2Oc1ccc(C2CC(=O)NSN2)cc1. The minimum atomic E-state index is -0.737. The van der Waals surface area contributed by atoms with E-state index in [1.54, 1.807) is 13.8 Å². The van der Waals surface area contributed by atoms with E-state index in [0.29, 0.717) is 19.4 Å². The molecule has 0 aromatic heterocycles. The van der Waals surface area contributed by atoms with E-state index in [1.807, 2.05) is 24.3 Å². The number of carbonyl (C=O) groups is 1. The summed E-state index contributed by atoms with van der Waals surface area (Å²) >= 11 is 1.24. The third kappa shape index (κ3) is 6.01. The summed E-state index contributed by atoms with van der Waals surface area (Å²) in [5, 5.41) is 9.97. The van der Waals surface area contributed by atoms with Crippen LogP contribution in [0, 0.1) is 13.8 Å². The Hall–Kier alpha value is -3.00. The van der Waals surface area contributed by atoms with E-state index in [4.69, 9.17) is 9.47 Å². The minimum Gasteiger partial charge on any atom is -0.493 e. The zero-order valence-electron chi connectivity index (χ0n) is 22.5. The lowest BCUT2D eigenvalue weighted by Gasteiger charge is -2.23. The zero-order valence-corrected chi connectivity index (χ0v) is 23.3. The van der Waals surface area contributed by atoms with Crippen molar-refractivity contribution in [1.29, 1.82) is 0 Å². The molecule has 6 nitrogen and oxygen atoms in total. The van der Waals surface area contributed by atoms with Crippen molar-refractivity contribution >= 4 is 18.0 Å². The molecule has 0 spiro atoms. The molecule has 1 aliphatic carbocycles. The van der Waals surface area contributed by atoms with E-state index < -0.39 is 5.60 Å². The molecule has 0 saturated carbocycles. The molecule has 0 radical (unpaired) electrons. The molecule has 1 fully saturated rings. The summed E-state index contributed by atoms with van der Waals surface area (Å²) in [7, 11) is 0. The van der Waals surface area contributed by atoms with Gasteiger partial charge in [-0.15, -0.1) is 0 Å². The molecule has 2 unspecified atom stereocenters. The van der Waals surface area contributed by atoms with Gasteiger partial charge in [-0.2, -0.15) is 0 Å². The van der Waals surface area contributed by atoms with Gasteiger partial charge in [-0.3, -0.25) is 9.52 Å². The maximum absolute atomic E-state index is 11.7. The normalized spacial score (nSPS) is 19.1. The maximum atomic E-state index is 11.7. The van der Waals surface area contributed by atoms with Crippen molar-refractivity contribution < 1.29 is 19.4 Å². The molecule has 1 saturated heterocycles. The number of nitrogens with one attached hydrogen (secondary N) is 2. The Morgan fingerprint density at radius 1 is 1.05 bits per heavy atom. The molecule has 2 aliphatic rings. The van der Waals surface area contributed by atoms with Gasteiger partial charge in [0.1, 0.15) is 17.6 Å². The summed E-state index contributed by atoms with van der Waals surface area (Å²) in [6.45, 7) is 8.35. The van der Waals surface area contributed by atoms with Crippen molar-refractivity contribution in [3.63, 3.8) is 0 Å². The lowest BCUT2D eigenvalue weighted by molar-refractivity contribution is -0.120. The van der Waals surface area contributed by atoms with E-state index in [1.165, 1.54) is 45.5 Å². The van der Waals surface area contributed by atoms with Gasteiger partial charge in [0.05, 0.1) is 18.2 Å². The fourth-order valence-corrected chi connectivity index (χ4v) is 6.00. The average Bonchev–Trinajstić information content (AvgIpc) is 3.27. The second-order valence-corrected chi connectivity index (χ2v) is 11.6. The number of hydrogen-bond acceptors (Lipinski definition) is 6. The molecule has 3 N–H and O–H groups in total. The highest BCUT2D eigenvalue weighted by Crippen LogP contribution is 2.42. The summed E-state index contributed by atoms with van der Waals surface area (Å²) in [4.78, 5) is 11.7. The maximum Gasteiger partial charge on any atom is 0.232 e. The highest BCUT2D eigenvalue weighted by atomic mass is 32.2. The third-order valence-electron chi connectivity index (χ3n) is 7.29. The van der Waals surface area contributed by atoms with Crippen molar-refractivity contribution in [1.82, 2.24) is 9.44 Å². The standard InChI is InChI=1S/C31H36N2O4S/c1-19-16-23(36-15-14-31(3,4)35)17-20(2)30(19)26-7-5-6-25-24(26)12-13-28(25)37-22-10-8-21(9-11-22)27-18-29(34)33-38-32-27/h5-11,16-17,27-28,32,35H,12-15,18H2,1-4H3,(H,33,34). The van der Waals surface area contributed by atoms with Crippen molar-refractivity contribution in [3.05, 3.63) is 82.4 Å². The average molecular weight is 533 g/mol. The first-order valence-corrected chi connectivity index (χ1v) is 14.0. The van der Waals surface area contributed by atoms with Crippen LogP contribution in [0.4, 0.5) is 0 Å². The van der Waals surface area contributed by atoms with Crippen LogP contribution < -0.4 is 18.9 Å². The van der Waals surface area contributed by atoms with Crippen LogP contribution in [0.15, 0.2) is 54.6 Å². The summed E-state index contributed by atoms with van der Waals surface area (Å²) < 4.78 is 18.4. The molecule has 7 heteroatoms. The molecule has 0 bridgehead atoms. The van der Waals surface area contributed by atoms with Gasteiger partial charge in [0.25, 0.3) is 0 Å². The molecule has 5 rings (SSSR count). The van der Waals surface area contributed by atoms with Gasteiger partial charge in [-0.1, -0.05) is 30.3 Å². The second-order valence-electron chi connectivity index (χ2n) is 10.9. The number of rotatable bonds is 8. The number of carbonyl (C=O) groups excluding carboxylic acids is 1. The van der Waals surface area contributed by atoms with Crippen LogP contribution >= 0.6 is 12.1 Å². The molecule has 3 aromatic carbocycles. The van der Waals surface area contributed by atoms with Crippen LogP contribution in [0.25, 0.3) is 11.1 Å². The number of hydrogen-bond donors (Lipinski definition) is 3. The Bertz CT molecular complexity index is 1290. The van der Waals surface area contributed by atoms with Gasteiger partial charge in [0, 0.05) is 25.0 Å². The van der Waals surface area contributed by atoms with Crippen molar-refractivity contribution in [2.75, 3.05) is 6.61 Å². The first kappa shape index (κ1) is 26.6. The van der Waals surface area contributed by atoms with Crippen LogP contribution in [0.1, 0.15) is 73.1 Å². The number of ether oxygens (including phenoxy) is 2. The van der Waals surface area contributed by atoms with Gasteiger partial charge >= 0.3 is 0 Å². The van der Waals surface area contributed by atoms with Crippen molar-refractivity contribution in [2.24, 2.45) is 0 Å². The van der Waals surface area contributed by atoms with Crippen molar-refractivity contribution in [2.45, 2.75) is 71.1 Å². The molecule has 200 valence electrons. The minimum absolute atomic E-state index is 0.00218. The summed E-state index contributed by atoms with van der Waals surface area (Å²) in [5.41, 5.74) is 7.82. The predicted molar refractivity (Wildman–Crippen MR) is 152 cm³/mol. The van der Waals surface area contributed by atoms with E-state index in [-0.39, 0.29) is 18.1 Å². The Kier molecular flexibility index (Phi) is 7.70. The van der Waals surface area contributed by atoms with Gasteiger partial charge in [-0.25, -0.2) is 4.72 Å². The molecule has 2 atom stereocenters. The Labute approximate surface area is 229 Å². The number of amides is 1. The van der Waals surface area contributed by atoms with Gasteiger partial charge in [0.2, 0.25) is 5.91 Å². The molecule has 1 amide bonds. The molecular formula is C31H36N2O4S. The Morgan fingerprint density at radius 3 is 2.47 bits per heavy atom. The highest BCUT2D eigenvalue weighted by molar-refractivity contribution is 7.96. The highest BCUT2D eigenvalue weighted by Gasteiger charge is 2.28. The first-order chi connectivity index (χ1) is 18.2. The smallest absolute Gasteiger partial charge is 0.232 e. The summed E-state index contributed by atoms with van der Waals surface area (Å²) in [6.07, 6.45) is 2.92. The van der Waals surface area contributed by atoms with Crippen LogP contribution in [0.5, 0.6) is 11.5 Å². The second kappa shape index (κ2) is 11.0. The van der Waals surface area contributed by atoms with E-state index in [2.05, 4.69) is 53.6 Å². The molecule has 3 aromatic rings. The lowest BCUT2D eigenvalue weighted by Crippen LogP contribution is -2.33. The fraction of sp³-hybridized carbons (Fsp3) is 0.387. The lowest BCUT2D eigenvalue weighted by atomic mass is 9.90. The van der Waals surface area contributed by atoms with Crippen LogP contribution in [0.3, 0.4) is 0 Å². The van der Waals surface area contributed by atoms with Crippen LogP contribution in [-0.2, 0) is 11.2 Å².